The first kappa shape index (κ1) is 16.1. The lowest BCUT2D eigenvalue weighted by Gasteiger charge is -2.12. The van der Waals surface area contributed by atoms with Crippen molar-refractivity contribution in [3.8, 4) is 11.5 Å². The molecule has 1 aromatic carbocycles. The lowest BCUT2D eigenvalue weighted by molar-refractivity contribution is -0.137. The number of sulfonamides is 1. The second-order valence-electron chi connectivity index (χ2n) is 3.98. The van der Waals surface area contributed by atoms with Gasteiger partial charge in [0.15, 0.2) is 0 Å². The molecule has 0 aromatic heterocycles. The molecule has 20 heavy (non-hydrogen) atoms. The molecular weight excluding hydrogens is 286 g/mol. The number of hydrogen-bond acceptors (Lipinski definition) is 5. The molecule has 0 saturated carbocycles. The Morgan fingerprint density at radius 2 is 2.00 bits per heavy atom. The van der Waals surface area contributed by atoms with Gasteiger partial charge in [0.1, 0.15) is 11.5 Å². The Kier molecular flexibility index (Phi) is 5.63. The molecule has 7 nitrogen and oxygen atoms in total. The number of ether oxygens (including phenoxy) is 2. The van der Waals surface area contributed by atoms with Crippen LogP contribution in [0.4, 0.5) is 5.69 Å². The van der Waals surface area contributed by atoms with E-state index in [9.17, 15) is 13.2 Å². The Bertz CT molecular complexity index is 569. The van der Waals surface area contributed by atoms with E-state index in [-0.39, 0.29) is 24.3 Å². The van der Waals surface area contributed by atoms with E-state index < -0.39 is 16.0 Å². The fourth-order valence-corrected chi connectivity index (χ4v) is 2.64. The van der Waals surface area contributed by atoms with Gasteiger partial charge in [0.05, 0.1) is 25.7 Å². The van der Waals surface area contributed by atoms with Crippen molar-refractivity contribution in [2.24, 2.45) is 0 Å². The smallest absolute Gasteiger partial charge is 0.303 e. The summed E-state index contributed by atoms with van der Waals surface area (Å²) in [5.74, 6) is -0.432. The number of rotatable bonds is 8. The van der Waals surface area contributed by atoms with Crippen molar-refractivity contribution in [2.45, 2.75) is 12.8 Å². The molecule has 0 aliphatic heterocycles. The molecule has 8 heteroatoms. The monoisotopic (exact) mass is 303 g/mol. The highest BCUT2D eigenvalue weighted by molar-refractivity contribution is 7.92. The number of methoxy groups -OCH3 is 2. The summed E-state index contributed by atoms with van der Waals surface area (Å²) in [6, 6.07) is 4.67. The van der Waals surface area contributed by atoms with Crippen LogP contribution in [0, 0.1) is 0 Å². The molecule has 0 amide bonds. The van der Waals surface area contributed by atoms with Gasteiger partial charge in [0.2, 0.25) is 10.0 Å². The Morgan fingerprint density at radius 1 is 1.30 bits per heavy atom. The first-order valence-electron chi connectivity index (χ1n) is 5.82. The molecule has 0 aliphatic rings. The maximum absolute atomic E-state index is 11.8. The Balaban J connectivity index is 2.78. The van der Waals surface area contributed by atoms with Gasteiger partial charge in [-0.3, -0.25) is 9.52 Å². The zero-order chi connectivity index (χ0) is 15.2. The number of anilines is 1. The third-order valence-corrected chi connectivity index (χ3v) is 3.83. The number of carbonyl (C=O) groups is 1. The van der Waals surface area contributed by atoms with E-state index >= 15 is 0 Å². The van der Waals surface area contributed by atoms with Crippen LogP contribution in [-0.2, 0) is 14.8 Å². The van der Waals surface area contributed by atoms with Crippen LogP contribution in [0.2, 0.25) is 0 Å². The predicted molar refractivity (Wildman–Crippen MR) is 73.8 cm³/mol. The minimum absolute atomic E-state index is 0.0448. The van der Waals surface area contributed by atoms with Crippen molar-refractivity contribution >= 4 is 21.7 Å². The topological polar surface area (TPSA) is 102 Å². The van der Waals surface area contributed by atoms with E-state index in [2.05, 4.69) is 4.72 Å². The molecule has 0 atom stereocenters. The van der Waals surface area contributed by atoms with Crippen LogP contribution in [0.1, 0.15) is 12.8 Å². The standard InChI is InChI=1S/C12H17NO6S/c1-18-9-5-6-10(11(8-9)19-2)13-20(16,17)7-3-4-12(14)15/h5-6,8,13H,3-4,7H2,1-2H3,(H,14,15). The van der Waals surface area contributed by atoms with Crippen molar-refractivity contribution in [3.63, 3.8) is 0 Å². The summed E-state index contributed by atoms with van der Waals surface area (Å²) < 4.78 is 36.1. The second-order valence-corrected chi connectivity index (χ2v) is 5.83. The summed E-state index contributed by atoms with van der Waals surface area (Å²) in [6.07, 6.45) is -0.149. The van der Waals surface area contributed by atoms with Gasteiger partial charge in [-0.25, -0.2) is 8.42 Å². The largest absolute Gasteiger partial charge is 0.497 e. The van der Waals surface area contributed by atoms with Gasteiger partial charge in [0, 0.05) is 12.5 Å². The Hall–Kier alpha value is -1.96. The Labute approximate surface area is 117 Å². The summed E-state index contributed by atoms with van der Waals surface area (Å²) in [5.41, 5.74) is 0.281. The van der Waals surface area contributed by atoms with Crippen LogP contribution in [-0.4, -0.2) is 39.5 Å². The number of benzene rings is 1. The predicted octanol–water partition coefficient (Wildman–Crippen LogP) is 1.31. The van der Waals surface area contributed by atoms with Crippen molar-refractivity contribution in [3.05, 3.63) is 18.2 Å². The highest BCUT2D eigenvalue weighted by atomic mass is 32.2. The van der Waals surface area contributed by atoms with Gasteiger partial charge in [-0.2, -0.15) is 0 Å². The highest BCUT2D eigenvalue weighted by Crippen LogP contribution is 2.29. The van der Waals surface area contributed by atoms with Crippen LogP contribution in [0.15, 0.2) is 18.2 Å². The van der Waals surface area contributed by atoms with E-state index in [1.54, 1.807) is 12.1 Å². The summed E-state index contributed by atoms with van der Waals surface area (Å²) in [5, 5.41) is 8.49. The minimum Gasteiger partial charge on any atom is -0.497 e. The van der Waals surface area contributed by atoms with Crippen LogP contribution in [0.5, 0.6) is 11.5 Å². The molecular formula is C12H17NO6S. The fourth-order valence-electron chi connectivity index (χ4n) is 1.51. The molecule has 0 unspecified atom stereocenters. The maximum Gasteiger partial charge on any atom is 0.303 e. The van der Waals surface area contributed by atoms with E-state index in [1.165, 1.54) is 20.3 Å². The van der Waals surface area contributed by atoms with Gasteiger partial charge in [-0.1, -0.05) is 0 Å². The zero-order valence-corrected chi connectivity index (χ0v) is 12.1. The molecule has 2 N–H and O–H groups in total. The molecule has 0 fully saturated rings. The number of nitrogens with one attached hydrogen (secondary N) is 1. The number of carboxylic acid groups (broad SMARTS) is 1. The fraction of sp³-hybridized carbons (Fsp3) is 0.417. The second kappa shape index (κ2) is 6.99. The molecule has 0 heterocycles. The lowest BCUT2D eigenvalue weighted by atomic mass is 10.3. The van der Waals surface area contributed by atoms with Gasteiger partial charge in [-0.05, 0) is 18.6 Å². The summed E-state index contributed by atoms with van der Waals surface area (Å²) in [7, 11) is -0.712. The third kappa shape index (κ3) is 4.96. The van der Waals surface area contributed by atoms with Gasteiger partial charge >= 0.3 is 5.97 Å². The SMILES string of the molecule is COc1ccc(NS(=O)(=O)CCCC(=O)O)c(OC)c1. The van der Waals surface area contributed by atoms with Crippen LogP contribution in [0.25, 0.3) is 0 Å². The average Bonchev–Trinajstić information content (AvgIpc) is 2.38. The average molecular weight is 303 g/mol. The minimum atomic E-state index is -3.62. The third-order valence-electron chi connectivity index (χ3n) is 2.48. The summed E-state index contributed by atoms with van der Waals surface area (Å²) >= 11 is 0. The van der Waals surface area contributed by atoms with Gasteiger partial charge < -0.3 is 14.6 Å². The molecule has 0 radical (unpaired) electrons. The number of aliphatic carboxylic acids is 1. The Morgan fingerprint density at radius 3 is 2.55 bits per heavy atom. The first-order chi connectivity index (χ1) is 9.38. The highest BCUT2D eigenvalue weighted by Gasteiger charge is 2.14. The van der Waals surface area contributed by atoms with E-state index in [0.717, 1.165) is 0 Å². The van der Waals surface area contributed by atoms with Gasteiger partial charge in [-0.15, -0.1) is 0 Å². The molecule has 0 bridgehead atoms. The van der Waals surface area contributed by atoms with Crippen LogP contribution in [0.3, 0.4) is 0 Å². The molecule has 1 aromatic rings. The number of carboxylic acids is 1. The lowest BCUT2D eigenvalue weighted by Crippen LogP contribution is -2.18. The first-order valence-corrected chi connectivity index (χ1v) is 7.47. The molecule has 0 aliphatic carbocycles. The molecule has 0 saturated heterocycles. The molecule has 1 rings (SSSR count). The zero-order valence-electron chi connectivity index (χ0n) is 11.3. The van der Waals surface area contributed by atoms with Crippen molar-refractivity contribution < 1.29 is 27.8 Å². The van der Waals surface area contributed by atoms with Crippen LogP contribution >= 0.6 is 0 Å². The van der Waals surface area contributed by atoms with Crippen molar-refractivity contribution in [2.75, 3.05) is 24.7 Å². The number of hydrogen-bond donors (Lipinski definition) is 2. The van der Waals surface area contributed by atoms with Crippen LogP contribution < -0.4 is 14.2 Å². The van der Waals surface area contributed by atoms with E-state index in [4.69, 9.17) is 14.6 Å². The normalized spacial score (nSPS) is 10.9. The molecule has 112 valence electrons. The van der Waals surface area contributed by atoms with Gasteiger partial charge in [0.25, 0.3) is 0 Å². The van der Waals surface area contributed by atoms with Crippen molar-refractivity contribution in [1.82, 2.24) is 0 Å². The quantitative estimate of drug-likeness (QED) is 0.750. The molecule has 0 spiro atoms. The summed E-state index contributed by atoms with van der Waals surface area (Å²) in [4.78, 5) is 10.4. The van der Waals surface area contributed by atoms with Crippen molar-refractivity contribution in [1.29, 1.82) is 0 Å². The van der Waals surface area contributed by atoms with E-state index in [0.29, 0.717) is 11.5 Å². The maximum atomic E-state index is 11.8. The summed E-state index contributed by atoms with van der Waals surface area (Å²) in [6.45, 7) is 0. The van der Waals surface area contributed by atoms with E-state index in [1.807, 2.05) is 0 Å².